The van der Waals surface area contributed by atoms with Crippen LogP contribution in [0.2, 0.25) is 0 Å². The van der Waals surface area contributed by atoms with Gasteiger partial charge in [-0.2, -0.15) is 0 Å². The van der Waals surface area contributed by atoms with Crippen molar-refractivity contribution in [1.29, 1.82) is 0 Å². The number of hydrogen-bond donors (Lipinski definition) is 2. The maximum absolute atomic E-state index is 13.2. The molecule has 5 rings (SSSR count). The molecule has 0 aliphatic carbocycles. The number of hydrogen-bond acceptors (Lipinski definition) is 4. The second-order valence-corrected chi connectivity index (χ2v) is 8.20. The summed E-state index contributed by atoms with van der Waals surface area (Å²) in [5.74, 6) is 1.03. The van der Waals surface area contributed by atoms with Crippen LogP contribution >= 0.6 is 0 Å². The van der Waals surface area contributed by atoms with Gasteiger partial charge in [-0.25, -0.2) is 4.98 Å². The monoisotopic (exact) mass is 448 g/mol. The van der Waals surface area contributed by atoms with Crippen LogP contribution in [0.15, 0.2) is 101 Å². The van der Waals surface area contributed by atoms with Gasteiger partial charge in [0.05, 0.1) is 18.2 Å². The number of aryl methyl sites for hydroxylation is 1. The summed E-state index contributed by atoms with van der Waals surface area (Å²) in [4.78, 5) is 17.8. The fourth-order valence-electron chi connectivity index (χ4n) is 4.22. The highest BCUT2D eigenvalue weighted by atomic mass is 16.4. The topological polar surface area (TPSA) is 75.4 Å². The Hall–Kier alpha value is -4.38. The molecule has 0 fully saturated rings. The highest BCUT2D eigenvalue weighted by Gasteiger charge is 2.24. The largest absolute Gasteiger partial charge is 0.508 e. The minimum Gasteiger partial charge on any atom is -0.508 e. The summed E-state index contributed by atoms with van der Waals surface area (Å²) >= 11 is 0. The second kappa shape index (κ2) is 9.24. The normalized spacial score (nSPS) is 11.9. The first-order chi connectivity index (χ1) is 16.6. The third kappa shape index (κ3) is 4.28. The van der Waals surface area contributed by atoms with Gasteiger partial charge in [0.15, 0.2) is 0 Å². The molecule has 5 nitrogen and oxygen atoms in total. The van der Waals surface area contributed by atoms with E-state index in [0.29, 0.717) is 22.9 Å². The molecule has 4 aromatic carbocycles. The lowest BCUT2D eigenvalue weighted by atomic mass is 9.92. The zero-order chi connectivity index (χ0) is 23.5. The minimum absolute atomic E-state index is 0.0665. The molecule has 0 saturated carbocycles. The third-order valence-corrected chi connectivity index (χ3v) is 5.92. The van der Waals surface area contributed by atoms with Gasteiger partial charge in [0.2, 0.25) is 11.8 Å². The van der Waals surface area contributed by atoms with Gasteiger partial charge < -0.3 is 14.8 Å². The molecule has 1 amide bonds. The average molecular weight is 449 g/mol. The molecule has 1 heterocycles. The standard InChI is InChI=1S/C29H24N2O3/c1-19-24(30-29(34-19)22-13-6-3-7-14-22)18-26(33)31-28(21-11-4-2-5-12-21)27-23-15-9-8-10-20(23)16-17-25(27)32/h2-17,28,32H,18H2,1H3,(H,31,33). The molecule has 168 valence electrons. The Morgan fingerprint density at radius 1 is 0.912 bits per heavy atom. The van der Waals surface area contributed by atoms with Crippen molar-refractivity contribution in [3.63, 3.8) is 0 Å². The molecule has 2 N–H and O–H groups in total. The fourth-order valence-corrected chi connectivity index (χ4v) is 4.22. The highest BCUT2D eigenvalue weighted by Crippen LogP contribution is 2.36. The predicted octanol–water partition coefficient (Wildman–Crippen LogP) is 5.96. The minimum atomic E-state index is -0.527. The summed E-state index contributed by atoms with van der Waals surface area (Å²) in [6.45, 7) is 1.81. The van der Waals surface area contributed by atoms with Gasteiger partial charge in [0.1, 0.15) is 11.5 Å². The Morgan fingerprint density at radius 3 is 2.35 bits per heavy atom. The number of amides is 1. The zero-order valence-electron chi connectivity index (χ0n) is 18.7. The molecule has 0 bridgehead atoms. The van der Waals surface area contributed by atoms with Crippen LogP contribution in [0, 0.1) is 6.92 Å². The van der Waals surface area contributed by atoms with Gasteiger partial charge in [-0.3, -0.25) is 4.79 Å². The number of benzene rings is 4. The first kappa shape index (κ1) is 21.5. The number of phenols is 1. The highest BCUT2D eigenvalue weighted by molar-refractivity contribution is 5.89. The van der Waals surface area contributed by atoms with Gasteiger partial charge in [0, 0.05) is 11.1 Å². The van der Waals surface area contributed by atoms with E-state index < -0.39 is 6.04 Å². The molecule has 0 aliphatic rings. The van der Waals surface area contributed by atoms with Gasteiger partial charge in [-0.05, 0) is 41.5 Å². The number of oxazole rings is 1. The van der Waals surface area contributed by atoms with E-state index in [1.165, 1.54) is 0 Å². The predicted molar refractivity (Wildman–Crippen MR) is 132 cm³/mol. The van der Waals surface area contributed by atoms with Crippen LogP contribution in [0.1, 0.15) is 28.6 Å². The first-order valence-corrected chi connectivity index (χ1v) is 11.2. The van der Waals surface area contributed by atoms with Crippen molar-refractivity contribution < 1.29 is 14.3 Å². The number of aromatic nitrogens is 1. The summed E-state index contributed by atoms with van der Waals surface area (Å²) in [5, 5.41) is 15.8. The molecular formula is C29H24N2O3. The van der Waals surface area contributed by atoms with Gasteiger partial charge in [-0.15, -0.1) is 0 Å². The van der Waals surface area contributed by atoms with E-state index in [4.69, 9.17) is 4.42 Å². The summed E-state index contributed by atoms with van der Waals surface area (Å²) in [6.07, 6.45) is 0.0665. The third-order valence-electron chi connectivity index (χ3n) is 5.92. The molecule has 5 heteroatoms. The van der Waals surface area contributed by atoms with Crippen molar-refractivity contribution >= 4 is 16.7 Å². The van der Waals surface area contributed by atoms with E-state index in [9.17, 15) is 9.90 Å². The lowest BCUT2D eigenvalue weighted by Crippen LogP contribution is -2.31. The van der Waals surface area contributed by atoms with Crippen LogP contribution in [0.4, 0.5) is 0 Å². The van der Waals surface area contributed by atoms with E-state index >= 15 is 0 Å². The molecule has 5 aromatic rings. The molecule has 1 atom stereocenters. The Balaban J connectivity index is 1.48. The van der Waals surface area contributed by atoms with Gasteiger partial charge in [-0.1, -0.05) is 78.9 Å². The molecule has 1 aromatic heterocycles. The van der Waals surface area contributed by atoms with Crippen LogP contribution < -0.4 is 5.32 Å². The van der Waals surface area contributed by atoms with E-state index in [1.807, 2.05) is 97.9 Å². The second-order valence-electron chi connectivity index (χ2n) is 8.20. The van der Waals surface area contributed by atoms with Crippen LogP contribution in [0.25, 0.3) is 22.2 Å². The maximum Gasteiger partial charge on any atom is 0.226 e. The van der Waals surface area contributed by atoms with Crippen LogP contribution in [0.3, 0.4) is 0 Å². The first-order valence-electron chi connectivity index (χ1n) is 11.2. The van der Waals surface area contributed by atoms with E-state index in [1.54, 1.807) is 6.07 Å². The Labute approximate surface area is 197 Å². The Kier molecular flexibility index (Phi) is 5.83. The van der Waals surface area contributed by atoms with Crippen molar-refractivity contribution in [3.8, 4) is 17.2 Å². The van der Waals surface area contributed by atoms with E-state index in [0.717, 1.165) is 21.9 Å². The van der Waals surface area contributed by atoms with E-state index in [-0.39, 0.29) is 18.1 Å². The number of nitrogens with zero attached hydrogens (tertiary/aromatic N) is 1. The van der Waals surface area contributed by atoms with E-state index in [2.05, 4.69) is 10.3 Å². The number of nitrogens with one attached hydrogen (secondary N) is 1. The van der Waals surface area contributed by atoms with Crippen LogP contribution in [0.5, 0.6) is 5.75 Å². The maximum atomic E-state index is 13.2. The molecular weight excluding hydrogens is 424 g/mol. The SMILES string of the molecule is Cc1oc(-c2ccccc2)nc1CC(=O)NC(c1ccccc1)c1c(O)ccc2ccccc12. The fraction of sp³-hybridized carbons (Fsp3) is 0.103. The lowest BCUT2D eigenvalue weighted by Gasteiger charge is -2.22. The summed E-state index contributed by atoms with van der Waals surface area (Å²) in [7, 11) is 0. The lowest BCUT2D eigenvalue weighted by molar-refractivity contribution is -0.121. The Morgan fingerprint density at radius 2 is 1.59 bits per heavy atom. The number of phenolic OH excluding ortho intramolecular Hbond substituents is 1. The molecule has 0 aliphatic heterocycles. The van der Waals surface area contributed by atoms with Gasteiger partial charge >= 0.3 is 0 Å². The van der Waals surface area contributed by atoms with Crippen molar-refractivity contribution in [3.05, 3.63) is 120 Å². The molecule has 0 saturated heterocycles. The number of fused-ring (bicyclic) bond motifs is 1. The Bertz CT molecular complexity index is 1440. The number of carbonyl (C=O) groups is 1. The van der Waals surface area contributed by atoms with Crippen LogP contribution in [-0.4, -0.2) is 16.0 Å². The summed E-state index contributed by atoms with van der Waals surface area (Å²) in [6, 6.07) is 30.1. The van der Waals surface area contributed by atoms with Crippen molar-refractivity contribution in [2.45, 2.75) is 19.4 Å². The van der Waals surface area contributed by atoms with Crippen molar-refractivity contribution in [2.24, 2.45) is 0 Å². The van der Waals surface area contributed by atoms with Crippen molar-refractivity contribution in [1.82, 2.24) is 10.3 Å². The number of rotatable bonds is 6. The molecule has 1 unspecified atom stereocenters. The quantitative estimate of drug-likeness (QED) is 0.336. The summed E-state index contributed by atoms with van der Waals surface area (Å²) < 4.78 is 5.82. The van der Waals surface area contributed by atoms with Gasteiger partial charge in [0.25, 0.3) is 0 Å². The molecule has 0 radical (unpaired) electrons. The van der Waals surface area contributed by atoms with Crippen molar-refractivity contribution in [2.75, 3.05) is 0 Å². The zero-order valence-corrected chi connectivity index (χ0v) is 18.7. The smallest absolute Gasteiger partial charge is 0.226 e. The van der Waals surface area contributed by atoms with Crippen LogP contribution in [-0.2, 0) is 11.2 Å². The number of aromatic hydroxyl groups is 1. The molecule has 0 spiro atoms. The summed E-state index contributed by atoms with van der Waals surface area (Å²) in [5.41, 5.74) is 2.99. The average Bonchev–Trinajstić information content (AvgIpc) is 3.24. The molecule has 34 heavy (non-hydrogen) atoms. The number of carbonyl (C=O) groups excluding carboxylic acids is 1.